The molecule has 5 heteroatoms. The zero-order valence-electron chi connectivity index (χ0n) is 13.3. The summed E-state index contributed by atoms with van der Waals surface area (Å²) >= 11 is 0. The van der Waals surface area contributed by atoms with E-state index in [9.17, 15) is 13.2 Å². The molecule has 2 aliphatic rings. The van der Waals surface area contributed by atoms with Gasteiger partial charge in [0.15, 0.2) is 15.6 Å². The number of ketones is 1. The summed E-state index contributed by atoms with van der Waals surface area (Å²) in [5, 5.41) is 0. The molecule has 0 unspecified atom stereocenters. The molecule has 1 aliphatic carbocycles. The smallest absolute Gasteiger partial charge is 0.188 e. The number of rotatable bonds is 2. The summed E-state index contributed by atoms with van der Waals surface area (Å²) in [4.78, 5) is 13.1. The Morgan fingerprint density at radius 3 is 2.42 bits per heavy atom. The van der Waals surface area contributed by atoms with Gasteiger partial charge in [0.2, 0.25) is 0 Å². The maximum Gasteiger partial charge on any atom is 0.188 e. The van der Waals surface area contributed by atoms with E-state index in [0.717, 1.165) is 0 Å². The average Bonchev–Trinajstić information content (AvgIpc) is 3.11. The van der Waals surface area contributed by atoms with E-state index in [1.165, 1.54) is 0 Å². The van der Waals surface area contributed by atoms with Crippen molar-refractivity contribution in [3.05, 3.63) is 65.7 Å². The van der Waals surface area contributed by atoms with E-state index in [1.807, 2.05) is 0 Å². The Morgan fingerprint density at radius 1 is 1.00 bits per heavy atom. The van der Waals surface area contributed by atoms with Crippen LogP contribution >= 0.6 is 0 Å². The molecular weight excluding hydrogens is 324 g/mol. The van der Waals surface area contributed by atoms with Gasteiger partial charge in [-0.15, -0.1) is 0 Å². The monoisotopic (exact) mass is 342 g/mol. The van der Waals surface area contributed by atoms with Gasteiger partial charge in [-0.2, -0.15) is 0 Å². The Kier molecular flexibility index (Phi) is 3.41. The van der Waals surface area contributed by atoms with Crippen molar-refractivity contribution in [2.75, 3.05) is 13.2 Å². The second-order valence-electron chi connectivity index (χ2n) is 6.58. The van der Waals surface area contributed by atoms with Gasteiger partial charge in [0.25, 0.3) is 0 Å². The van der Waals surface area contributed by atoms with Crippen LogP contribution in [-0.4, -0.2) is 27.4 Å². The van der Waals surface area contributed by atoms with E-state index in [4.69, 9.17) is 4.74 Å². The van der Waals surface area contributed by atoms with Crippen molar-refractivity contribution >= 4 is 15.6 Å². The predicted molar refractivity (Wildman–Crippen MR) is 89.6 cm³/mol. The van der Waals surface area contributed by atoms with Gasteiger partial charge in [0.1, 0.15) is 4.75 Å². The number of hydrogen-bond acceptors (Lipinski definition) is 4. The highest BCUT2D eigenvalue weighted by Gasteiger charge is 2.58. The molecule has 0 N–H and O–H groups in total. The largest absolute Gasteiger partial charge is 0.380 e. The van der Waals surface area contributed by atoms with Crippen LogP contribution < -0.4 is 0 Å². The summed E-state index contributed by atoms with van der Waals surface area (Å²) < 4.78 is 31.5. The van der Waals surface area contributed by atoms with Crippen molar-refractivity contribution in [3.63, 3.8) is 0 Å². The van der Waals surface area contributed by atoms with E-state index in [1.54, 1.807) is 61.5 Å². The Morgan fingerprint density at radius 2 is 1.67 bits per heavy atom. The minimum atomic E-state index is -3.68. The zero-order chi connectivity index (χ0) is 16.9. The average molecular weight is 342 g/mol. The lowest BCUT2D eigenvalue weighted by Gasteiger charge is -2.42. The Labute approximate surface area is 141 Å². The summed E-state index contributed by atoms with van der Waals surface area (Å²) in [7, 11) is -3.68. The third kappa shape index (κ3) is 1.88. The molecule has 24 heavy (non-hydrogen) atoms. The highest BCUT2D eigenvalue weighted by molar-refractivity contribution is 7.92. The topological polar surface area (TPSA) is 60.4 Å². The minimum absolute atomic E-state index is 0.00571. The molecule has 1 saturated heterocycles. The SMILES string of the molecule is C[C@]1(S(=O)(=O)c2ccccc2)c2ccccc2C(=O)[C@@H]2COC[C@@H]21. The molecule has 2 aromatic rings. The number of hydrogen-bond donors (Lipinski definition) is 0. The van der Waals surface area contributed by atoms with Crippen LogP contribution in [0.3, 0.4) is 0 Å². The van der Waals surface area contributed by atoms with Crippen molar-refractivity contribution in [2.24, 2.45) is 11.8 Å². The lowest BCUT2D eigenvalue weighted by Crippen LogP contribution is -2.49. The van der Waals surface area contributed by atoms with E-state index in [2.05, 4.69) is 0 Å². The number of carbonyl (C=O) groups excluding carboxylic acids is 1. The molecular formula is C19H18O4S. The van der Waals surface area contributed by atoms with Crippen molar-refractivity contribution in [1.29, 1.82) is 0 Å². The quantitative estimate of drug-likeness (QED) is 0.842. The van der Waals surface area contributed by atoms with Gasteiger partial charge in [0.05, 0.1) is 24.0 Å². The van der Waals surface area contributed by atoms with Crippen LogP contribution in [0.25, 0.3) is 0 Å². The van der Waals surface area contributed by atoms with Crippen molar-refractivity contribution in [1.82, 2.24) is 0 Å². The molecule has 1 heterocycles. The molecule has 0 amide bonds. The van der Waals surface area contributed by atoms with E-state index < -0.39 is 20.5 Å². The molecule has 4 nitrogen and oxygen atoms in total. The molecule has 1 aliphatic heterocycles. The second-order valence-corrected chi connectivity index (χ2v) is 8.91. The molecule has 124 valence electrons. The van der Waals surface area contributed by atoms with Crippen molar-refractivity contribution < 1.29 is 17.9 Å². The first-order valence-corrected chi connectivity index (χ1v) is 9.47. The van der Waals surface area contributed by atoms with Gasteiger partial charge in [-0.05, 0) is 24.6 Å². The number of sulfone groups is 1. The first kappa shape index (κ1) is 15.5. The lowest BCUT2D eigenvalue weighted by atomic mass is 9.70. The summed E-state index contributed by atoms with van der Waals surface area (Å²) in [5.41, 5.74) is 1.09. The van der Waals surface area contributed by atoms with E-state index in [-0.39, 0.29) is 29.8 Å². The summed E-state index contributed by atoms with van der Waals surface area (Å²) in [6.07, 6.45) is 0. The summed E-state index contributed by atoms with van der Waals surface area (Å²) in [5.74, 6) is -0.776. The highest BCUT2D eigenvalue weighted by Crippen LogP contribution is 2.51. The molecule has 1 fully saturated rings. The molecule has 2 aromatic carbocycles. The molecule has 0 spiro atoms. The van der Waals surface area contributed by atoms with Crippen molar-refractivity contribution in [2.45, 2.75) is 16.6 Å². The maximum atomic E-state index is 13.6. The Bertz CT molecular complexity index is 904. The van der Waals surface area contributed by atoms with Crippen LogP contribution in [0.15, 0.2) is 59.5 Å². The molecule has 0 saturated carbocycles. The fourth-order valence-electron chi connectivity index (χ4n) is 4.07. The van der Waals surface area contributed by atoms with Crippen LogP contribution in [-0.2, 0) is 19.3 Å². The maximum absolute atomic E-state index is 13.6. The van der Waals surface area contributed by atoms with Gasteiger partial charge in [-0.1, -0.05) is 42.5 Å². The first-order valence-electron chi connectivity index (χ1n) is 7.99. The molecule has 0 radical (unpaired) electrons. The van der Waals surface area contributed by atoms with Gasteiger partial charge in [0, 0.05) is 11.5 Å². The Balaban J connectivity index is 2.01. The third-order valence-electron chi connectivity index (χ3n) is 5.46. The normalized spacial score (nSPS) is 29.1. The highest BCUT2D eigenvalue weighted by atomic mass is 32.2. The lowest BCUT2D eigenvalue weighted by molar-refractivity contribution is 0.0854. The fourth-order valence-corrected chi connectivity index (χ4v) is 6.18. The summed E-state index contributed by atoms with van der Waals surface area (Å²) in [6.45, 7) is 2.32. The van der Waals surface area contributed by atoms with Crippen LogP contribution in [0.4, 0.5) is 0 Å². The first-order chi connectivity index (χ1) is 11.5. The van der Waals surface area contributed by atoms with Gasteiger partial charge < -0.3 is 4.74 Å². The molecule has 0 aromatic heterocycles. The van der Waals surface area contributed by atoms with E-state index in [0.29, 0.717) is 11.1 Å². The second kappa shape index (κ2) is 5.26. The minimum Gasteiger partial charge on any atom is -0.380 e. The number of ether oxygens (including phenoxy) is 1. The number of benzene rings is 2. The van der Waals surface area contributed by atoms with Crippen LogP contribution in [0.1, 0.15) is 22.8 Å². The van der Waals surface area contributed by atoms with Crippen LogP contribution in [0.5, 0.6) is 0 Å². The van der Waals surface area contributed by atoms with E-state index >= 15 is 0 Å². The molecule has 3 atom stereocenters. The number of fused-ring (bicyclic) bond motifs is 2. The standard InChI is InChI=1S/C19H18O4S/c1-19(24(21,22)13-7-3-2-4-8-13)16-10-6-5-9-14(16)18(20)15-11-23-12-17(15)19/h2-10,15,17H,11-12H2,1H3/t15-,17+,19+/m1/s1. The molecule has 0 bridgehead atoms. The summed E-state index contributed by atoms with van der Waals surface area (Å²) in [6, 6.07) is 15.5. The third-order valence-corrected chi connectivity index (χ3v) is 8.00. The fraction of sp³-hybridized carbons (Fsp3) is 0.316. The Hall–Kier alpha value is -1.98. The van der Waals surface area contributed by atoms with Crippen LogP contribution in [0.2, 0.25) is 0 Å². The van der Waals surface area contributed by atoms with Gasteiger partial charge in [-0.3, -0.25) is 4.79 Å². The number of carbonyl (C=O) groups is 1. The van der Waals surface area contributed by atoms with Crippen LogP contribution in [0, 0.1) is 11.8 Å². The molecule has 4 rings (SSSR count). The van der Waals surface area contributed by atoms with Crippen molar-refractivity contribution in [3.8, 4) is 0 Å². The zero-order valence-corrected chi connectivity index (χ0v) is 14.1. The predicted octanol–water partition coefficient (Wildman–Crippen LogP) is 2.83. The van der Waals surface area contributed by atoms with Gasteiger partial charge >= 0.3 is 0 Å². The van der Waals surface area contributed by atoms with Gasteiger partial charge in [-0.25, -0.2) is 8.42 Å². The number of Topliss-reactive ketones (excluding diaryl/α,β-unsaturated/α-hetero) is 1.